The fraction of sp³-hybridized carbons (Fsp3) is 0. The van der Waals surface area contributed by atoms with Gasteiger partial charge in [0.15, 0.2) is 28.6 Å². The second-order valence-electron chi connectivity index (χ2n) is 1.87. The molecule has 1 aromatic carbocycles. The molecule has 1 rings (SSSR count). The van der Waals surface area contributed by atoms with Crippen LogP contribution in [0.4, 0.5) is 0 Å². The lowest BCUT2D eigenvalue weighted by molar-refractivity contribution is 0.657. The van der Waals surface area contributed by atoms with E-state index >= 15 is 0 Å². The molecule has 7 heteroatoms. The van der Waals surface area contributed by atoms with Gasteiger partial charge in [0.25, 0.3) is 0 Å². The average Bonchev–Trinajstić information content (AvgIpc) is 2.13. The van der Waals surface area contributed by atoms with Gasteiger partial charge in [0, 0.05) is 0 Å². The van der Waals surface area contributed by atoms with Gasteiger partial charge in [-0.1, -0.05) is 29.3 Å². The maximum absolute atomic E-state index is 5.87. The predicted octanol–water partition coefficient (Wildman–Crippen LogP) is 4.72. The Morgan fingerprint density at radius 2 is 2.15 bits per heavy atom. The minimum absolute atomic E-state index is 0.365. The number of hydrogen-bond acceptors (Lipinski definition) is 4. The number of hydrogen-bond donors (Lipinski definition) is 0. The summed E-state index contributed by atoms with van der Waals surface area (Å²) in [6.07, 6.45) is 0. The molecule has 13 heavy (non-hydrogen) atoms. The highest BCUT2D eigenvalue weighted by atomic mass is 35.5. The molecule has 1 nitrogen and oxygen atoms in total. The smallest absolute Gasteiger partial charge is 0.245 e. The van der Waals surface area contributed by atoms with Crippen LogP contribution in [0.2, 0.25) is 10.0 Å². The van der Waals surface area contributed by atoms with Crippen LogP contribution in [0.15, 0.2) is 18.2 Å². The van der Waals surface area contributed by atoms with Crippen LogP contribution >= 0.6 is 51.2 Å². The van der Waals surface area contributed by atoms with Crippen LogP contribution in [0.5, 0.6) is 5.75 Å². The fourth-order valence-corrected chi connectivity index (χ4v) is 2.98. The minimum atomic E-state index is 0.365. The lowest BCUT2D eigenvalue weighted by Gasteiger charge is -2.02. The summed E-state index contributed by atoms with van der Waals surface area (Å²) in [6, 6.07) is 5.25. The minimum Gasteiger partial charge on any atom is -0.409 e. The molecule has 0 aliphatic heterocycles. The molecule has 0 amide bonds. The zero-order valence-corrected chi connectivity index (χ0v) is 11.1. The van der Waals surface area contributed by atoms with Crippen LogP contribution in [-0.2, 0) is 11.8 Å². The van der Waals surface area contributed by atoms with Crippen molar-refractivity contribution in [2.24, 2.45) is 0 Å². The van der Waals surface area contributed by atoms with Crippen molar-refractivity contribution in [3.63, 3.8) is 0 Å². The van der Waals surface area contributed by atoms with Crippen molar-refractivity contribution >= 4 is 63.1 Å². The van der Waals surface area contributed by atoms with Crippen molar-refractivity contribution in [2.75, 3.05) is 0 Å². The van der Waals surface area contributed by atoms with E-state index in [9.17, 15) is 0 Å². The lowest BCUT2D eigenvalue weighted by atomic mass is 10.3. The normalized spacial score (nSPS) is 10.3. The first-order valence-corrected chi connectivity index (χ1v) is 8.76. The molecule has 0 radical (unpaired) electrons. The van der Waals surface area contributed by atoms with E-state index in [1.807, 2.05) is 0 Å². The molecule has 0 heterocycles. The first kappa shape index (κ1) is 11.9. The quantitative estimate of drug-likeness (QED) is 0.343. The van der Waals surface area contributed by atoms with Crippen LogP contribution in [0.3, 0.4) is 0 Å². The molecule has 0 fully saturated rings. The molecule has 0 aromatic heterocycles. The van der Waals surface area contributed by atoms with E-state index in [4.69, 9.17) is 39.2 Å². The lowest BCUT2D eigenvalue weighted by Crippen LogP contribution is -1.79. The summed E-state index contributed by atoms with van der Waals surface area (Å²) < 4.78 is 5.26. The summed E-state index contributed by atoms with van der Waals surface area (Å²) in [7, 11) is 1.45. The van der Waals surface area contributed by atoms with Crippen LogP contribution in [0.25, 0.3) is 0 Å². The SMILES string of the molecule is S=[PH+]SSOc1cccc(Cl)c1Cl. The molecular weight excluding hydrogens is 286 g/mol. The first-order chi connectivity index (χ1) is 6.25. The van der Waals surface area contributed by atoms with Crippen molar-refractivity contribution in [1.82, 2.24) is 0 Å². The fourth-order valence-electron chi connectivity index (χ4n) is 0.616. The highest BCUT2D eigenvalue weighted by molar-refractivity contribution is 8.97. The summed E-state index contributed by atoms with van der Waals surface area (Å²) in [5.41, 5.74) is 0. The number of rotatable bonds is 4. The van der Waals surface area contributed by atoms with Crippen LogP contribution < -0.4 is 4.18 Å². The monoisotopic (exact) mass is 289 g/mol. The Balaban J connectivity index is 2.65. The third kappa shape index (κ3) is 3.82. The first-order valence-electron chi connectivity index (χ1n) is 3.07. The summed E-state index contributed by atoms with van der Waals surface area (Å²) >= 11 is 17.6. The molecule has 1 aromatic rings. The Morgan fingerprint density at radius 3 is 2.85 bits per heavy atom. The van der Waals surface area contributed by atoms with Gasteiger partial charge in [0.05, 0.1) is 5.02 Å². The van der Waals surface area contributed by atoms with Gasteiger partial charge < -0.3 is 4.18 Å². The summed E-state index contributed by atoms with van der Waals surface area (Å²) in [5, 5.41) is 0.926. The predicted molar refractivity (Wildman–Crippen MR) is 68.0 cm³/mol. The molecule has 0 aliphatic carbocycles. The van der Waals surface area contributed by atoms with E-state index in [0.29, 0.717) is 22.4 Å². The van der Waals surface area contributed by atoms with Crippen molar-refractivity contribution < 1.29 is 4.18 Å². The van der Waals surface area contributed by atoms with Crippen LogP contribution in [0, 0.1) is 0 Å². The summed E-state index contributed by atoms with van der Waals surface area (Å²) in [4.78, 5) is 0. The zero-order valence-electron chi connectivity index (χ0n) is 6.12. The van der Waals surface area contributed by atoms with Crippen molar-refractivity contribution in [3.8, 4) is 5.75 Å². The average molecular weight is 290 g/mol. The van der Waals surface area contributed by atoms with Crippen LogP contribution in [-0.4, -0.2) is 0 Å². The molecule has 0 bridgehead atoms. The number of benzene rings is 1. The van der Waals surface area contributed by atoms with Crippen molar-refractivity contribution in [2.45, 2.75) is 0 Å². The van der Waals surface area contributed by atoms with Gasteiger partial charge in [-0.15, -0.1) is 0 Å². The van der Waals surface area contributed by atoms with Gasteiger partial charge in [0.2, 0.25) is 17.0 Å². The van der Waals surface area contributed by atoms with Gasteiger partial charge in [-0.3, -0.25) is 0 Å². The van der Waals surface area contributed by atoms with Crippen molar-refractivity contribution in [3.05, 3.63) is 28.2 Å². The molecule has 0 aliphatic rings. The third-order valence-corrected chi connectivity index (χ3v) is 5.97. The summed E-state index contributed by atoms with van der Waals surface area (Å²) in [6.45, 7) is 0.365. The maximum Gasteiger partial charge on any atom is 0.245 e. The largest absolute Gasteiger partial charge is 0.409 e. The van der Waals surface area contributed by atoms with Crippen molar-refractivity contribution in [1.29, 1.82) is 0 Å². The highest BCUT2D eigenvalue weighted by Crippen LogP contribution is 2.39. The highest BCUT2D eigenvalue weighted by Gasteiger charge is 2.06. The third-order valence-electron chi connectivity index (χ3n) is 1.11. The maximum atomic E-state index is 5.87. The topological polar surface area (TPSA) is 9.23 Å². The standard InChI is InChI=1S/C6H3Cl2OPS3/c7-4-2-1-3-5(6(4)8)9-12-13-10-11/h1-3H/p+1. The Morgan fingerprint density at radius 1 is 1.38 bits per heavy atom. The molecule has 0 saturated carbocycles. The van der Waals surface area contributed by atoms with E-state index in [1.165, 1.54) is 21.5 Å². The van der Waals surface area contributed by atoms with Crippen LogP contribution in [0.1, 0.15) is 0 Å². The second kappa shape index (κ2) is 6.33. The van der Waals surface area contributed by atoms with E-state index in [0.717, 1.165) is 0 Å². The van der Waals surface area contributed by atoms with E-state index in [2.05, 4.69) is 0 Å². The Hall–Kier alpha value is 0.820. The van der Waals surface area contributed by atoms with Gasteiger partial charge >= 0.3 is 0 Å². The molecule has 0 N–H and O–H groups in total. The molecule has 0 saturated heterocycles. The zero-order chi connectivity index (χ0) is 9.68. The van der Waals surface area contributed by atoms with Gasteiger partial charge in [0.1, 0.15) is 5.02 Å². The number of halogens is 2. The van der Waals surface area contributed by atoms with Gasteiger partial charge in [-0.25, -0.2) is 0 Å². The second-order valence-corrected chi connectivity index (χ2v) is 7.70. The summed E-state index contributed by atoms with van der Waals surface area (Å²) in [5.74, 6) is 0.569. The van der Waals surface area contributed by atoms with Gasteiger partial charge in [-0.2, -0.15) is 0 Å². The Bertz CT molecular complexity index is 310. The Kier molecular flexibility index (Phi) is 5.79. The van der Waals surface area contributed by atoms with E-state index in [1.54, 1.807) is 18.2 Å². The molecule has 70 valence electrons. The van der Waals surface area contributed by atoms with Gasteiger partial charge in [-0.05, 0) is 12.1 Å². The molecular formula is C6H4Cl2OPS3+. The molecule has 1 atom stereocenters. The van der Waals surface area contributed by atoms with E-state index < -0.39 is 0 Å². The molecule has 0 spiro atoms. The Labute approximate surface area is 101 Å². The van der Waals surface area contributed by atoms with E-state index in [-0.39, 0.29) is 0 Å². The molecule has 1 unspecified atom stereocenters.